The number of oxime groups is 1. The molecule has 30 heavy (non-hydrogen) atoms. The predicted octanol–water partition coefficient (Wildman–Crippen LogP) is 5.26. The summed E-state index contributed by atoms with van der Waals surface area (Å²) < 4.78 is 5.64. The van der Waals surface area contributed by atoms with Gasteiger partial charge in [-0.05, 0) is 25.0 Å². The number of likely N-dealkylation sites (tertiary alicyclic amines) is 1. The fourth-order valence-electron chi connectivity index (χ4n) is 3.74. The van der Waals surface area contributed by atoms with Crippen LogP contribution < -0.4 is 4.18 Å². The van der Waals surface area contributed by atoms with Crippen LogP contribution in [0.4, 0.5) is 0 Å². The summed E-state index contributed by atoms with van der Waals surface area (Å²) in [6, 6.07) is 5.56. The molecule has 160 valence electrons. The molecule has 1 amide bonds. The van der Waals surface area contributed by atoms with Crippen LogP contribution in [0.5, 0.6) is 5.75 Å². The second-order valence-electron chi connectivity index (χ2n) is 7.10. The number of nitrogens with zero attached hydrogens (tertiary/aromatic N) is 3. The number of thiazole rings is 1. The van der Waals surface area contributed by atoms with Gasteiger partial charge >= 0.3 is 0 Å². The number of hydrogen-bond donors (Lipinski definition) is 0. The van der Waals surface area contributed by atoms with Gasteiger partial charge in [-0.2, -0.15) is 0 Å². The Bertz CT molecular complexity index is 945. The quantitative estimate of drug-likeness (QED) is 0.412. The van der Waals surface area contributed by atoms with Gasteiger partial charge in [-0.15, -0.1) is 22.9 Å². The van der Waals surface area contributed by atoms with E-state index in [1.807, 2.05) is 34.7 Å². The predicted molar refractivity (Wildman–Crippen MR) is 122 cm³/mol. The second-order valence-corrected chi connectivity index (χ2v) is 9.16. The van der Waals surface area contributed by atoms with E-state index < -0.39 is 0 Å². The summed E-state index contributed by atoms with van der Waals surface area (Å²) >= 11 is 15.0. The number of alkyl halides is 1. The number of amides is 1. The molecule has 2 aromatic rings. The molecule has 0 aliphatic carbocycles. The molecule has 2 aliphatic rings. The summed E-state index contributed by atoms with van der Waals surface area (Å²) in [5.41, 5.74) is 2.46. The minimum atomic E-state index is -0.300. The molecule has 4 rings (SSSR count). The normalized spacial score (nSPS) is 19.5. The fourth-order valence-corrected chi connectivity index (χ4v) is 5.53. The molecule has 0 N–H and O–H groups in total. The van der Waals surface area contributed by atoms with Crippen molar-refractivity contribution in [1.29, 1.82) is 0 Å². The number of rotatable bonds is 6. The lowest BCUT2D eigenvalue weighted by atomic mass is 9.97. The molecule has 2 aliphatic heterocycles. The van der Waals surface area contributed by atoms with Gasteiger partial charge in [0.15, 0.2) is 6.10 Å². The summed E-state index contributed by atoms with van der Waals surface area (Å²) in [6.07, 6.45) is 3.94. The molecule has 1 aromatic heterocycles. The van der Waals surface area contributed by atoms with Gasteiger partial charge in [-0.25, -0.2) is 4.98 Å². The van der Waals surface area contributed by atoms with Gasteiger partial charge in [0.25, 0.3) is 0 Å². The SMILES string of the molecule is CSOc1cccc(Cl)c1C1CC(c2csc(C3CCN(C(=O)CCl)CC3)n2)=NO1. The third-order valence-corrected chi connectivity index (χ3v) is 7.22. The first-order valence-electron chi connectivity index (χ1n) is 9.62. The highest BCUT2D eigenvalue weighted by molar-refractivity contribution is 7.94. The van der Waals surface area contributed by atoms with E-state index in [1.165, 1.54) is 12.0 Å². The maximum Gasteiger partial charge on any atom is 0.237 e. The minimum Gasteiger partial charge on any atom is -0.426 e. The number of aromatic nitrogens is 1. The first-order valence-corrected chi connectivity index (χ1v) is 12.6. The number of halogens is 2. The van der Waals surface area contributed by atoms with Crippen LogP contribution in [0.3, 0.4) is 0 Å². The molecule has 10 heteroatoms. The molecule has 1 unspecified atom stereocenters. The smallest absolute Gasteiger partial charge is 0.237 e. The summed E-state index contributed by atoms with van der Waals surface area (Å²) in [7, 11) is 0. The highest BCUT2D eigenvalue weighted by atomic mass is 35.5. The molecular formula is C20H21Cl2N3O3S2. The van der Waals surface area contributed by atoms with Crippen molar-refractivity contribution in [2.45, 2.75) is 31.3 Å². The Kier molecular flexibility index (Phi) is 7.08. The zero-order valence-corrected chi connectivity index (χ0v) is 19.5. The average Bonchev–Trinajstić information content (AvgIpc) is 3.43. The van der Waals surface area contributed by atoms with E-state index in [2.05, 4.69) is 5.16 Å². The van der Waals surface area contributed by atoms with Crippen LogP contribution in [-0.2, 0) is 9.63 Å². The summed E-state index contributed by atoms with van der Waals surface area (Å²) in [4.78, 5) is 24.1. The molecule has 0 spiro atoms. The van der Waals surface area contributed by atoms with Crippen molar-refractivity contribution in [2.24, 2.45) is 5.16 Å². The van der Waals surface area contributed by atoms with Crippen molar-refractivity contribution in [2.75, 3.05) is 25.2 Å². The van der Waals surface area contributed by atoms with Crippen LogP contribution in [0, 0.1) is 0 Å². The molecule has 0 radical (unpaired) electrons. The van der Waals surface area contributed by atoms with Gasteiger partial charge in [0.05, 0.1) is 33.3 Å². The van der Waals surface area contributed by atoms with E-state index in [0.717, 1.165) is 47.9 Å². The van der Waals surface area contributed by atoms with Crippen molar-refractivity contribution in [1.82, 2.24) is 9.88 Å². The number of benzene rings is 1. The fraction of sp³-hybridized carbons (Fsp3) is 0.450. The van der Waals surface area contributed by atoms with Crippen LogP contribution in [0.25, 0.3) is 0 Å². The molecule has 3 heterocycles. The van der Waals surface area contributed by atoms with E-state index in [4.69, 9.17) is 37.2 Å². The maximum atomic E-state index is 11.8. The van der Waals surface area contributed by atoms with Gasteiger partial charge in [0.2, 0.25) is 5.91 Å². The van der Waals surface area contributed by atoms with E-state index in [-0.39, 0.29) is 17.9 Å². The number of hydrogen-bond acceptors (Lipinski definition) is 7. The lowest BCUT2D eigenvalue weighted by Crippen LogP contribution is -2.38. The van der Waals surface area contributed by atoms with Crippen LogP contribution in [-0.4, -0.2) is 46.7 Å². The van der Waals surface area contributed by atoms with Gasteiger partial charge in [-0.1, -0.05) is 22.8 Å². The van der Waals surface area contributed by atoms with E-state index in [1.54, 1.807) is 11.3 Å². The van der Waals surface area contributed by atoms with Crippen LogP contribution >= 0.6 is 46.6 Å². The molecule has 1 aromatic carbocycles. The zero-order valence-electron chi connectivity index (χ0n) is 16.3. The third kappa shape index (κ3) is 4.56. The molecule has 1 atom stereocenters. The lowest BCUT2D eigenvalue weighted by Gasteiger charge is -2.30. The largest absolute Gasteiger partial charge is 0.426 e. The number of carbonyl (C=O) groups is 1. The molecule has 1 saturated heterocycles. The maximum absolute atomic E-state index is 11.8. The number of carbonyl (C=O) groups excluding carboxylic acids is 1. The van der Waals surface area contributed by atoms with Crippen LogP contribution in [0.15, 0.2) is 28.7 Å². The highest BCUT2D eigenvalue weighted by Crippen LogP contribution is 2.40. The van der Waals surface area contributed by atoms with Crippen molar-refractivity contribution in [3.63, 3.8) is 0 Å². The Morgan fingerprint density at radius 2 is 2.20 bits per heavy atom. The van der Waals surface area contributed by atoms with Gasteiger partial charge in [0, 0.05) is 37.1 Å². The lowest BCUT2D eigenvalue weighted by molar-refractivity contribution is -0.129. The summed E-state index contributed by atoms with van der Waals surface area (Å²) in [5.74, 6) is 1.09. The van der Waals surface area contributed by atoms with Crippen LogP contribution in [0.1, 0.15) is 47.5 Å². The van der Waals surface area contributed by atoms with E-state index in [0.29, 0.717) is 23.1 Å². The second kappa shape index (κ2) is 9.77. The highest BCUT2D eigenvalue weighted by Gasteiger charge is 2.31. The van der Waals surface area contributed by atoms with Crippen molar-refractivity contribution in [3.8, 4) is 5.75 Å². The van der Waals surface area contributed by atoms with Crippen LogP contribution in [0.2, 0.25) is 5.02 Å². The number of piperidine rings is 1. The van der Waals surface area contributed by atoms with Crippen molar-refractivity contribution >= 4 is 58.2 Å². The van der Waals surface area contributed by atoms with Crippen molar-refractivity contribution < 1.29 is 13.8 Å². The van der Waals surface area contributed by atoms with E-state index in [9.17, 15) is 4.79 Å². The Hall–Kier alpha value is -1.48. The van der Waals surface area contributed by atoms with Crippen molar-refractivity contribution in [3.05, 3.63) is 44.9 Å². The topological polar surface area (TPSA) is 64.0 Å². The monoisotopic (exact) mass is 485 g/mol. The summed E-state index contributed by atoms with van der Waals surface area (Å²) in [5, 5.41) is 7.99. The van der Waals surface area contributed by atoms with Gasteiger partial charge in [0.1, 0.15) is 17.3 Å². The molecule has 0 bridgehead atoms. The average molecular weight is 486 g/mol. The molecule has 1 fully saturated rings. The Morgan fingerprint density at radius 1 is 1.40 bits per heavy atom. The molecular weight excluding hydrogens is 465 g/mol. The standard InChI is InChI=1S/C20H21Cl2N3O3S2/c1-29-28-16-4-2-3-13(22)19(16)17-9-14(24-27-17)15-11-30-20(23-15)12-5-7-25(8-6-12)18(26)10-21/h2-4,11-12,17H,5-10H2,1H3. The summed E-state index contributed by atoms with van der Waals surface area (Å²) in [6.45, 7) is 1.45. The Balaban J connectivity index is 1.42. The first kappa shape index (κ1) is 21.7. The molecule has 0 saturated carbocycles. The Morgan fingerprint density at radius 3 is 2.93 bits per heavy atom. The third-order valence-electron chi connectivity index (χ3n) is 5.31. The zero-order chi connectivity index (χ0) is 21.1. The van der Waals surface area contributed by atoms with Gasteiger partial charge in [-0.3, -0.25) is 4.79 Å². The Labute approximate surface area is 193 Å². The van der Waals surface area contributed by atoms with E-state index >= 15 is 0 Å². The van der Waals surface area contributed by atoms with Gasteiger partial charge < -0.3 is 13.9 Å². The molecule has 6 nitrogen and oxygen atoms in total. The first-order chi connectivity index (χ1) is 14.6. The minimum absolute atomic E-state index is 0.00263.